The van der Waals surface area contributed by atoms with E-state index >= 15 is 0 Å². The van der Waals surface area contributed by atoms with Crippen LogP contribution in [0.15, 0.2) is 0 Å². The fraction of sp³-hybridized carbons (Fsp3) is 1.00. The summed E-state index contributed by atoms with van der Waals surface area (Å²) in [6.45, 7) is 2.55. The molecule has 2 bridgehead atoms. The predicted octanol–water partition coefficient (Wildman–Crippen LogP) is 3.51. The minimum absolute atomic E-state index is 0.0215. The van der Waals surface area contributed by atoms with Gasteiger partial charge in [-0.3, -0.25) is 0 Å². The van der Waals surface area contributed by atoms with Gasteiger partial charge in [0.15, 0.2) is 0 Å². The van der Waals surface area contributed by atoms with E-state index in [4.69, 9.17) is 0 Å². The maximum absolute atomic E-state index is 10.8. The Morgan fingerprint density at radius 1 is 1.00 bits per heavy atom. The fourth-order valence-corrected chi connectivity index (χ4v) is 7.22. The summed E-state index contributed by atoms with van der Waals surface area (Å²) in [5.41, 5.74) is 0.137. The number of rotatable bonds is 1. The Hall–Kier alpha value is -0.0800. The molecule has 4 aliphatic rings. The van der Waals surface area contributed by atoms with Gasteiger partial charge in [-0.05, 0) is 80.0 Å². The molecule has 0 amide bonds. The molecule has 0 radical (unpaired) electrons. The lowest BCUT2D eigenvalue weighted by Gasteiger charge is -2.60. The van der Waals surface area contributed by atoms with Gasteiger partial charge < -0.3 is 10.2 Å². The average Bonchev–Trinajstić information content (AvgIpc) is 2.66. The summed E-state index contributed by atoms with van der Waals surface area (Å²) in [6.07, 6.45) is 12.9. The van der Waals surface area contributed by atoms with E-state index in [1.807, 2.05) is 0 Å². The van der Waals surface area contributed by atoms with Gasteiger partial charge in [0.05, 0.1) is 12.2 Å². The van der Waals surface area contributed by atoms with E-state index in [0.717, 1.165) is 24.7 Å². The van der Waals surface area contributed by atoms with E-state index in [-0.39, 0.29) is 6.61 Å². The first kappa shape index (κ1) is 13.6. The zero-order valence-electron chi connectivity index (χ0n) is 12.9. The van der Waals surface area contributed by atoms with E-state index in [9.17, 15) is 10.2 Å². The van der Waals surface area contributed by atoms with Gasteiger partial charge in [0.25, 0.3) is 0 Å². The average molecular weight is 278 g/mol. The molecule has 2 heteroatoms. The lowest BCUT2D eigenvalue weighted by Crippen LogP contribution is -2.51. The van der Waals surface area contributed by atoms with Gasteiger partial charge in [0.1, 0.15) is 0 Å². The Labute approximate surface area is 123 Å². The summed E-state index contributed by atoms with van der Waals surface area (Å²) in [4.78, 5) is 0. The number of aliphatic hydroxyl groups excluding tert-OH is 1. The lowest BCUT2D eigenvalue weighted by molar-refractivity contribution is -0.104. The standard InChI is InChI=1S/C18H30O2/c1-16-8-3-2-4-13(16)7-9-17-10-14(5-6-15(16)17)18(20,11-17)12-19/h13-15,19-20H,2-12H2,1H3/t13-,14+,15-,16+,17-,18+/m0/s1. The second kappa shape index (κ2) is 4.23. The van der Waals surface area contributed by atoms with Crippen molar-refractivity contribution in [2.24, 2.45) is 28.6 Å². The zero-order valence-corrected chi connectivity index (χ0v) is 12.9. The van der Waals surface area contributed by atoms with Crippen LogP contribution in [-0.2, 0) is 0 Å². The molecule has 2 nitrogen and oxygen atoms in total. The molecule has 4 fully saturated rings. The quantitative estimate of drug-likeness (QED) is 0.770. The second-order valence-corrected chi connectivity index (χ2v) is 8.82. The lowest BCUT2D eigenvalue weighted by atomic mass is 9.45. The minimum atomic E-state index is -0.757. The first-order valence-corrected chi connectivity index (χ1v) is 8.86. The molecule has 0 unspecified atom stereocenters. The van der Waals surface area contributed by atoms with Crippen molar-refractivity contribution in [1.29, 1.82) is 0 Å². The third-order valence-electron chi connectivity index (χ3n) is 8.13. The van der Waals surface area contributed by atoms with E-state index in [1.54, 1.807) is 0 Å². The highest BCUT2D eigenvalue weighted by Crippen LogP contribution is 2.70. The molecule has 4 aliphatic carbocycles. The fourth-order valence-electron chi connectivity index (χ4n) is 7.22. The predicted molar refractivity (Wildman–Crippen MR) is 79.2 cm³/mol. The van der Waals surface area contributed by atoms with Crippen LogP contribution in [0.1, 0.15) is 71.1 Å². The third-order valence-corrected chi connectivity index (χ3v) is 8.13. The van der Waals surface area contributed by atoms with Gasteiger partial charge in [0, 0.05) is 0 Å². The molecular weight excluding hydrogens is 248 g/mol. The molecule has 0 aromatic rings. The third kappa shape index (κ3) is 1.58. The summed E-state index contributed by atoms with van der Waals surface area (Å²) < 4.78 is 0. The highest BCUT2D eigenvalue weighted by molar-refractivity contribution is 5.15. The molecule has 1 spiro atoms. The van der Waals surface area contributed by atoms with Crippen LogP contribution >= 0.6 is 0 Å². The second-order valence-electron chi connectivity index (χ2n) is 8.82. The zero-order chi connectivity index (χ0) is 14.0. The molecule has 0 heterocycles. The van der Waals surface area contributed by atoms with Crippen LogP contribution in [0.25, 0.3) is 0 Å². The molecule has 114 valence electrons. The van der Waals surface area contributed by atoms with Crippen LogP contribution in [0.2, 0.25) is 0 Å². The first-order chi connectivity index (χ1) is 9.52. The summed E-state index contributed by atoms with van der Waals surface area (Å²) in [5.74, 6) is 2.12. The molecule has 0 aliphatic heterocycles. The number of aliphatic hydroxyl groups is 2. The Kier molecular flexibility index (Phi) is 2.87. The van der Waals surface area contributed by atoms with Gasteiger partial charge >= 0.3 is 0 Å². The smallest absolute Gasteiger partial charge is 0.0910 e. The molecule has 4 saturated carbocycles. The van der Waals surface area contributed by atoms with Crippen LogP contribution in [-0.4, -0.2) is 22.4 Å². The van der Waals surface area contributed by atoms with Crippen LogP contribution in [0.5, 0.6) is 0 Å². The van der Waals surface area contributed by atoms with Crippen molar-refractivity contribution in [3.8, 4) is 0 Å². The van der Waals surface area contributed by atoms with Crippen LogP contribution in [0.4, 0.5) is 0 Å². The van der Waals surface area contributed by atoms with E-state index < -0.39 is 5.60 Å². The summed E-state index contributed by atoms with van der Waals surface area (Å²) in [6, 6.07) is 0. The van der Waals surface area contributed by atoms with Gasteiger partial charge in [-0.1, -0.05) is 19.8 Å². The Bertz CT molecular complexity index is 408. The topological polar surface area (TPSA) is 40.5 Å². The van der Waals surface area contributed by atoms with Crippen molar-refractivity contribution in [1.82, 2.24) is 0 Å². The van der Waals surface area contributed by atoms with Crippen LogP contribution < -0.4 is 0 Å². The van der Waals surface area contributed by atoms with Crippen molar-refractivity contribution >= 4 is 0 Å². The Morgan fingerprint density at radius 3 is 2.65 bits per heavy atom. The minimum Gasteiger partial charge on any atom is -0.393 e. The first-order valence-electron chi connectivity index (χ1n) is 8.86. The molecule has 0 aromatic heterocycles. The van der Waals surface area contributed by atoms with Gasteiger partial charge in [-0.15, -0.1) is 0 Å². The van der Waals surface area contributed by atoms with Crippen molar-refractivity contribution in [3.05, 3.63) is 0 Å². The molecule has 4 rings (SSSR count). The van der Waals surface area contributed by atoms with Crippen LogP contribution in [0, 0.1) is 28.6 Å². The Morgan fingerprint density at radius 2 is 1.85 bits per heavy atom. The van der Waals surface area contributed by atoms with Crippen molar-refractivity contribution in [3.63, 3.8) is 0 Å². The molecule has 20 heavy (non-hydrogen) atoms. The van der Waals surface area contributed by atoms with Gasteiger partial charge in [0.2, 0.25) is 0 Å². The normalized spacial score (nSPS) is 58.0. The molecule has 0 aromatic carbocycles. The molecule has 0 saturated heterocycles. The molecular formula is C18H30O2. The number of hydrogen-bond acceptors (Lipinski definition) is 2. The van der Waals surface area contributed by atoms with Crippen molar-refractivity contribution in [2.75, 3.05) is 6.61 Å². The SMILES string of the molecule is C[C@@]12CCCC[C@H]1CC[C@@]13C[C@@H](CC[C@H]12)[C@](O)(CO)C3. The Balaban J connectivity index is 1.70. The van der Waals surface area contributed by atoms with Gasteiger partial charge in [-0.2, -0.15) is 0 Å². The molecule has 6 atom stereocenters. The molecule has 2 N–H and O–H groups in total. The summed E-state index contributed by atoms with van der Waals surface area (Å²) in [5, 5.41) is 20.5. The highest BCUT2D eigenvalue weighted by Gasteiger charge is 2.65. The van der Waals surface area contributed by atoms with Crippen LogP contribution in [0.3, 0.4) is 0 Å². The van der Waals surface area contributed by atoms with Crippen molar-refractivity contribution < 1.29 is 10.2 Å². The summed E-state index contributed by atoms with van der Waals surface area (Å²) in [7, 11) is 0. The van der Waals surface area contributed by atoms with E-state index in [0.29, 0.717) is 16.7 Å². The van der Waals surface area contributed by atoms with E-state index in [2.05, 4.69) is 6.92 Å². The number of hydrogen-bond donors (Lipinski definition) is 2. The summed E-state index contributed by atoms with van der Waals surface area (Å²) >= 11 is 0. The number of fused-ring (bicyclic) bond motifs is 3. The largest absolute Gasteiger partial charge is 0.393 e. The van der Waals surface area contributed by atoms with Gasteiger partial charge in [-0.25, -0.2) is 0 Å². The monoisotopic (exact) mass is 278 g/mol. The van der Waals surface area contributed by atoms with Crippen molar-refractivity contribution in [2.45, 2.75) is 76.7 Å². The maximum Gasteiger partial charge on any atom is 0.0910 e. The maximum atomic E-state index is 10.8. The van der Waals surface area contributed by atoms with E-state index in [1.165, 1.54) is 51.4 Å². The highest BCUT2D eigenvalue weighted by atomic mass is 16.3.